The number of carbonyl (C=O) groups is 1. The molecule has 7 nitrogen and oxygen atoms in total. The minimum absolute atomic E-state index is 0.0851. The molecule has 0 saturated carbocycles. The summed E-state index contributed by atoms with van der Waals surface area (Å²) in [5, 5.41) is 23.9. The van der Waals surface area contributed by atoms with E-state index in [9.17, 15) is 9.90 Å². The van der Waals surface area contributed by atoms with Gasteiger partial charge in [0.05, 0.1) is 16.8 Å². The molecule has 4 rings (SSSR count). The highest BCUT2D eigenvalue weighted by molar-refractivity contribution is 6.03. The number of imidazole rings is 1. The van der Waals surface area contributed by atoms with Gasteiger partial charge in [0.2, 0.25) is 0 Å². The van der Waals surface area contributed by atoms with Crippen molar-refractivity contribution in [2.24, 2.45) is 5.41 Å². The van der Waals surface area contributed by atoms with Crippen LogP contribution in [0.15, 0.2) is 30.5 Å². The van der Waals surface area contributed by atoms with Crippen LogP contribution in [-0.2, 0) is 10.3 Å². The normalized spacial score (nSPS) is 22.1. The number of benzene rings is 1. The van der Waals surface area contributed by atoms with E-state index >= 15 is 0 Å². The van der Waals surface area contributed by atoms with Crippen LogP contribution in [-0.4, -0.2) is 32.2 Å². The lowest BCUT2D eigenvalue weighted by Gasteiger charge is -2.50. The summed E-state index contributed by atoms with van der Waals surface area (Å²) in [6, 6.07) is 7.72. The molecule has 186 valence electrons. The Bertz CT molecular complexity index is 1200. The molecule has 0 unspecified atom stereocenters. The maximum absolute atomic E-state index is 12.9. The molecule has 1 aromatic carbocycles. The molecule has 1 fully saturated rings. The number of aromatic amines is 1. The molecule has 1 saturated heterocycles. The molecular formula is C28H36N4O3. The zero-order valence-electron chi connectivity index (χ0n) is 21.6. The van der Waals surface area contributed by atoms with Crippen LogP contribution in [0.2, 0.25) is 0 Å². The minimum Gasteiger partial charge on any atom is -0.385 e. The third kappa shape index (κ3) is 5.50. The average molecular weight is 477 g/mol. The molecule has 7 heteroatoms. The third-order valence-electron chi connectivity index (χ3n) is 7.02. The van der Waals surface area contributed by atoms with Crippen molar-refractivity contribution in [3.05, 3.63) is 53.1 Å². The summed E-state index contributed by atoms with van der Waals surface area (Å²) in [4.78, 5) is 19.7. The first kappa shape index (κ1) is 25.2. The van der Waals surface area contributed by atoms with Gasteiger partial charge >= 0.3 is 0 Å². The quantitative estimate of drug-likeness (QED) is 0.525. The number of allylic oxidation sites excluding steroid dienone is 2. The molecule has 0 atom stereocenters. The molecule has 35 heavy (non-hydrogen) atoms. The number of nitrogens with zero attached hydrogens (tertiary/aromatic N) is 2. The van der Waals surface area contributed by atoms with Gasteiger partial charge in [-0.05, 0) is 75.6 Å². The van der Waals surface area contributed by atoms with Crippen LogP contribution in [0.4, 0.5) is 5.69 Å². The summed E-state index contributed by atoms with van der Waals surface area (Å²) in [7, 11) is 0. The minimum atomic E-state index is -1.06. The number of ether oxygens (including phenoxy) is 1. The van der Waals surface area contributed by atoms with Crippen LogP contribution in [0.1, 0.15) is 101 Å². The molecular weight excluding hydrogens is 440 g/mol. The Kier molecular flexibility index (Phi) is 6.19. The number of nitrogens with one attached hydrogen (secondary N) is 2. The number of rotatable bonds is 4. The largest absolute Gasteiger partial charge is 0.385 e. The van der Waals surface area contributed by atoms with E-state index in [1.54, 1.807) is 0 Å². The van der Waals surface area contributed by atoms with E-state index in [4.69, 9.17) is 10.00 Å². The molecule has 0 spiro atoms. The monoisotopic (exact) mass is 476 g/mol. The van der Waals surface area contributed by atoms with Crippen LogP contribution in [0, 0.1) is 16.7 Å². The molecule has 0 bridgehead atoms. The van der Waals surface area contributed by atoms with Gasteiger partial charge in [0, 0.05) is 30.3 Å². The first-order chi connectivity index (χ1) is 16.2. The lowest BCUT2D eigenvalue weighted by atomic mass is 9.72. The Morgan fingerprint density at radius 2 is 1.86 bits per heavy atom. The molecule has 2 aromatic rings. The first-order valence-corrected chi connectivity index (χ1v) is 12.2. The Labute approximate surface area is 207 Å². The van der Waals surface area contributed by atoms with Gasteiger partial charge in [-0.25, -0.2) is 4.98 Å². The van der Waals surface area contributed by atoms with Gasteiger partial charge in [-0.1, -0.05) is 26.0 Å². The second kappa shape index (κ2) is 8.61. The molecule has 0 radical (unpaired) electrons. The Hall–Kier alpha value is -2.95. The van der Waals surface area contributed by atoms with Gasteiger partial charge in [-0.3, -0.25) is 4.79 Å². The highest BCUT2D eigenvalue weighted by atomic mass is 16.5. The molecule has 1 aliphatic carbocycles. The van der Waals surface area contributed by atoms with Gasteiger partial charge in [0.15, 0.2) is 11.5 Å². The Morgan fingerprint density at radius 1 is 1.17 bits per heavy atom. The number of aliphatic hydroxyl groups is 1. The van der Waals surface area contributed by atoms with E-state index in [0.717, 1.165) is 36.0 Å². The van der Waals surface area contributed by atoms with E-state index in [-0.39, 0.29) is 16.9 Å². The van der Waals surface area contributed by atoms with Gasteiger partial charge < -0.3 is 20.1 Å². The molecule has 2 aliphatic rings. The summed E-state index contributed by atoms with van der Waals surface area (Å²) in [5.41, 5.74) is 1.94. The SMILES string of the molecule is CC1(C)CC=C(c2cc(C3(O)CC(C)(C)OC(C)(C)C3)ccc2NC(=O)c2nc(C#N)c[nH]2)CC1. The van der Waals surface area contributed by atoms with Crippen molar-refractivity contribution in [3.8, 4) is 6.07 Å². The van der Waals surface area contributed by atoms with Crippen molar-refractivity contribution in [2.45, 2.75) is 90.4 Å². The molecule has 3 N–H and O–H groups in total. The number of amides is 1. The number of carbonyl (C=O) groups excluding carboxylic acids is 1. The number of hydrogen-bond acceptors (Lipinski definition) is 5. The fourth-order valence-electron chi connectivity index (χ4n) is 5.70. The maximum Gasteiger partial charge on any atom is 0.291 e. The topological polar surface area (TPSA) is 111 Å². The number of H-pyrrole nitrogens is 1. The van der Waals surface area contributed by atoms with Crippen molar-refractivity contribution >= 4 is 17.2 Å². The summed E-state index contributed by atoms with van der Waals surface area (Å²) < 4.78 is 6.22. The van der Waals surface area contributed by atoms with E-state index in [1.165, 1.54) is 6.20 Å². The van der Waals surface area contributed by atoms with E-state index < -0.39 is 22.7 Å². The van der Waals surface area contributed by atoms with E-state index in [1.807, 2.05) is 52.0 Å². The van der Waals surface area contributed by atoms with Crippen LogP contribution in [0.5, 0.6) is 0 Å². The first-order valence-electron chi connectivity index (χ1n) is 12.2. The van der Waals surface area contributed by atoms with Gasteiger partial charge in [0.25, 0.3) is 5.91 Å². The molecule has 1 aliphatic heterocycles. The lowest BCUT2D eigenvalue weighted by molar-refractivity contribution is -0.223. The van der Waals surface area contributed by atoms with Crippen LogP contribution in [0.25, 0.3) is 5.57 Å². The Balaban J connectivity index is 1.74. The van der Waals surface area contributed by atoms with Crippen molar-refractivity contribution < 1.29 is 14.6 Å². The maximum atomic E-state index is 12.9. The van der Waals surface area contributed by atoms with Gasteiger partial charge in [-0.15, -0.1) is 0 Å². The second-order valence-corrected chi connectivity index (χ2v) is 12.1. The standard InChI is InChI=1S/C28H36N4O3/c1-25(2)11-9-18(10-12-25)21-13-19(28(34)16-26(3,4)35-27(5,6)17-28)7-8-22(21)32-24(33)23-30-15-20(14-29)31-23/h7-9,13,15,34H,10-12,16-17H2,1-6H3,(H,30,31)(H,32,33). The van der Waals surface area contributed by atoms with Crippen molar-refractivity contribution in [1.82, 2.24) is 9.97 Å². The number of anilines is 1. The lowest BCUT2D eigenvalue weighted by Crippen LogP contribution is -2.52. The van der Waals surface area contributed by atoms with Crippen LogP contribution >= 0.6 is 0 Å². The summed E-state index contributed by atoms with van der Waals surface area (Å²) in [6.07, 6.45) is 7.49. The van der Waals surface area contributed by atoms with Crippen molar-refractivity contribution in [1.29, 1.82) is 5.26 Å². The third-order valence-corrected chi connectivity index (χ3v) is 7.02. The predicted octanol–water partition coefficient (Wildman–Crippen LogP) is 5.68. The number of aromatic nitrogens is 2. The van der Waals surface area contributed by atoms with Crippen LogP contribution < -0.4 is 5.32 Å². The van der Waals surface area contributed by atoms with Gasteiger partial charge in [-0.2, -0.15) is 5.26 Å². The summed E-state index contributed by atoms with van der Waals surface area (Å²) in [6.45, 7) is 12.6. The predicted molar refractivity (Wildman–Crippen MR) is 136 cm³/mol. The van der Waals surface area contributed by atoms with Gasteiger partial charge in [0.1, 0.15) is 6.07 Å². The number of hydrogen-bond donors (Lipinski definition) is 3. The highest BCUT2D eigenvalue weighted by Gasteiger charge is 2.48. The highest BCUT2D eigenvalue weighted by Crippen LogP contribution is 2.48. The summed E-state index contributed by atoms with van der Waals surface area (Å²) in [5.74, 6) is -0.328. The fraction of sp³-hybridized carbons (Fsp3) is 0.536. The van der Waals surface area contributed by atoms with E-state index in [2.05, 4.69) is 35.2 Å². The zero-order valence-corrected chi connectivity index (χ0v) is 21.6. The number of nitriles is 1. The summed E-state index contributed by atoms with van der Waals surface area (Å²) >= 11 is 0. The second-order valence-electron chi connectivity index (χ2n) is 12.1. The van der Waals surface area contributed by atoms with Crippen molar-refractivity contribution in [2.75, 3.05) is 5.32 Å². The van der Waals surface area contributed by atoms with Crippen molar-refractivity contribution in [3.63, 3.8) is 0 Å². The average Bonchev–Trinajstić information content (AvgIpc) is 3.21. The van der Waals surface area contributed by atoms with Crippen LogP contribution in [0.3, 0.4) is 0 Å². The fourth-order valence-corrected chi connectivity index (χ4v) is 5.70. The zero-order chi connectivity index (χ0) is 25.6. The smallest absolute Gasteiger partial charge is 0.291 e. The molecule has 1 aromatic heterocycles. The van der Waals surface area contributed by atoms with E-state index in [0.29, 0.717) is 18.5 Å². The molecule has 1 amide bonds. The Morgan fingerprint density at radius 3 is 2.43 bits per heavy atom. The molecule has 2 heterocycles.